The first-order valence-corrected chi connectivity index (χ1v) is 9.52. The molecule has 2 aliphatic rings. The van der Waals surface area contributed by atoms with Crippen molar-refractivity contribution in [3.8, 4) is 0 Å². The highest BCUT2D eigenvalue weighted by Crippen LogP contribution is 2.42. The van der Waals surface area contributed by atoms with Gasteiger partial charge in [-0.15, -0.1) is 0 Å². The summed E-state index contributed by atoms with van der Waals surface area (Å²) in [5.74, 6) is 0. The molecule has 26 heavy (non-hydrogen) atoms. The van der Waals surface area contributed by atoms with Gasteiger partial charge >= 0.3 is 0 Å². The van der Waals surface area contributed by atoms with Crippen molar-refractivity contribution in [2.24, 2.45) is 5.41 Å². The molecule has 1 atom stereocenters. The zero-order valence-electron chi connectivity index (χ0n) is 15.2. The van der Waals surface area contributed by atoms with Crippen LogP contribution in [-0.2, 0) is 22.6 Å². The van der Waals surface area contributed by atoms with Gasteiger partial charge in [0.05, 0.1) is 31.6 Å². The molecular weight excluding hydrogens is 326 g/mol. The molecule has 0 N–H and O–H groups in total. The lowest BCUT2D eigenvalue weighted by atomic mass is 9.76. The van der Waals surface area contributed by atoms with Crippen LogP contribution in [0, 0.1) is 5.41 Å². The van der Waals surface area contributed by atoms with E-state index < -0.39 is 0 Å². The third-order valence-electron chi connectivity index (χ3n) is 5.61. The Bertz CT molecular complexity index is 672. The minimum Gasteiger partial charge on any atom is -0.375 e. The van der Waals surface area contributed by atoms with E-state index in [4.69, 9.17) is 9.47 Å². The van der Waals surface area contributed by atoms with Crippen molar-refractivity contribution in [2.75, 3.05) is 26.3 Å². The van der Waals surface area contributed by atoms with Gasteiger partial charge in [-0.1, -0.05) is 12.1 Å². The van der Waals surface area contributed by atoms with Crippen molar-refractivity contribution in [1.29, 1.82) is 0 Å². The number of likely N-dealkylation sites (tertiary alicyclic amines) is 1. The molecule has 2 saturated heterocycles. The molecule has 0 bridgehead atoms. The molecule has 1 spiro atoms. The average Bonchev–Trinajstić information content (AvgIpc) is 3.08. The normalized spacial score (nSPS) is 22.7. The Morgan fingerprint density at radius 1 is 1.15 bits per heavy atom. The summed E-state index contributed by atoms with van der Waals surface area (Å²) in [6.45, 7) is 5.38. The summed E-state index contributed by atoms with van der Waals surface area (Å²) >= 11 is 0. The number of nitrogens with zero attached hydrogens (tertiary/aromatic N) is 3. The highest BCUT2D eigenvalue weighted by molar-refractivity contribution is 5.07. The van der Waals surface area contributed by atoms with Crippen LogP contribution in [0.5, 0.6) is 0 Å². The molecule has 4 heterocycles. The van der Waals surface area contributed by atoms with Crippen LogP contribution >= 0.6 is 0 Å². The minimum atomic E-state index is 0.231. The van der Waals surface area contributed by atoms with Crippen LogP contribution in [0.3, 0.4) is 0 Å². The Kier molecular flexibility index (Phi) is 5.58. The number of piperidine rings is 1. The van der Waals surface area contributed by atoms with E-state index in [0.29, 0.717) is 18.6 Å². The molecule has 0 aromatic carbocycles. The molecule has 4 rings (SSSR count). The quantitative estimate of drug-likeness (QED) is 0.799. The maximum Gasteiger partial charge on any atom is 0.0815 e. The predicted molar refractivity (Wildman–Crippen MR) is 99.4 cm³/mol. The summed E-state index contributed by atoms with van der Waals surface area (Å²) in [7, 11) is 0. The van der Waals surface area contributed by atoms with Crippen molar-refractivity contribution in [1.82, 2.24) is 14.9 Å². The van der Waals surface area contributed by atoms with Crippen molar-refractivity contribution in [3.63, 3.8) is 0 Å². The summed E-state index contributed by atoms with van der Waals surface area (Å²) in [5.41, 5.74) is 2.62. The SMILES string of the molecule is c1ccc(CN2CCC3(CC2)CO[C@@H](COCc2cccnc2)C3)nc1. The molecule has 2 aliphatic heterocycles. The Labute approximate surface area is 155 Å². The van der Waals surface area contributed by atoms with Gasteiger partial charge in [-0.25, -0.2) is 0 Å². The lowest BCUT2D eigenvalue weighted by Crippen LogP contribution is -2.40. The van der Waals surface area contributed by atoms with Gasteiger partial charge in [0.2, 0.25) is 0 Å². The molecule has 5 heteroatoms. The summed E-state index contributed by atoms with van der Waals surface area (Å²) in [5, 5.41) is 0. The summed E-state index contributed by atoms with van der Waals surface area (Å²) in [6, 6.07) is 10.1. The molecule has 0 unspecified atom stereocenters. The summed E-state index contributed by atoms with van der Waals surface area (Å²) in [6.07, 6.45) is 9.29. The fourth-order valence-corrected chi connectivity index (χ4v) is 4.05. The van der Waals surface area contributed by atoms with Crippen molar-refractivity contribution < 1.29 is 9.47 Å². The second-order valence-electron chi connectivity index (χ2n) is 7.61. The standard InChI is InChI=1S/C21H27N3O2/c1-2-9-23-19(5-1)14-24-10-6-21(7-11-24)12-20(26-17-21)16-25-15-18-4-3-8-22-13-18/h1-5,8-9,13,20H,6-7,10-12,14-17H2/t20-/m1/s1. The van der Waals surface area contributed by atoms with Crippen LogP contribution < -0.4 is 0 Å². The Hall–Kier alpha value is -1.82. The van der Waals surface area contributed by atoms with Crippen LogP contribution in [-0.4, -0.2) is 47.3 Å². The molecule has 5 nitrogen and oxygen atoms in total. The second kappa shape index (κ2) is 8.25. The van der Waals surface area contributed by atoms with Gasteiger partial charge < -0.3 is 9.47 Å². The largest absolute Gasteiger partial charge is 0.375 e. The molecule has 2 aromatic heterocycles. The molecule has 0 radical (unpaired) electrons. The van der Waals surface area contributed by atoms with E-state index in [1.807, 2.05) is 30.6 Å². The van der Waals surface area contributed by atoms with Gasteiger partial charge in [-0.2, -0.15) is 0 Å². The number of hydrogen-bond donors (Lipinski definition) is 0. The molecule has 138 valence electrons. The highest BCUT2D eigenvalue weighted by Gasteiger charge is 2.42. The third-order valence-corrected chi connectivity index (χ3v) is 5.61. The lowest BCUT2D eigenvalue weighted by Gasteiger charge is -2.38. The topological polar surface area (TPSA) is 47.5 Å². The van der Waals surface area contributed by atoms with Crippen LogP contribution in [0.15, 0.2) is 48.9 Å². The Balaban J connectivity index is 1.20. The first-order valence-electron chi connectivity index (χ1n) is 9.52. The maximum atomic E-state index is 6.07. The Morgan fingerprint density at radius 3 is 2.85 bits per heavy atom. The van der Waals surface area contributed by atoms with Crippen LogP contribution in [0.1, 0.15) is 30.5 Å². The smallest absolute Gasteiger partial charge is 0.0815 e. The zero-order chi connectivity index (χ0) is 17.7. The number of aromatic nitrogens is 2. The number of hydrogen-bond acceptors (Lipinski definition) is 5. The average molecular weight is 353 g/mol. The predicted octanol–water partition coefficient (Wildman–Crippen LogP) is 3.06. The number of pyridine rings is 2. The molecule has 2 fully saturated rings. The van der Waals surface area contributed by atoms with E-state index in [1.165, 1.54) is 12.8 Å². The fourth-order valence-electron chi connectivity index (χ4n) is 4.05. The fraction of sp³-hybridized carbons (Fsp3) is 0.524. The summed E-state index contributed by atoms with van der Waals surface area (Å²) in [4.78, 5) is 11.1. The van der Waals surface area contributed by atoms with Crippen LogP contribution in [0.25, 0.3) is 0 Å². The first kappa shape index (κ1) is 17.6. The van der Waals surface area contributed by atoms with E-state index in [1.54, 1.807) is 6.20 Å². The zero-order valence-corrected chi connectivity index (χ0v) is 15.2. The van der Waals surface area contributed by atoms with Crippen molar-refractivity contribution in [3.05, 3.63) is 60.2 Å². The van der Waals surface area contributed by atoms with Gasteiger partial charge in [-0.3, -0.25) is 14.9 Å². The maximum absolute atomic E-state index is 6.07. The molecule has 0 amide bonds. The lowest BCUT2D eigenvalue weighted by molar-refractivity contribution is 0.00626. The molecule has 0 saturated carbocycles. The van der Waals surface area contributed by atoms with Crippen molar-refractivity contribution >= 4 is 0 Å². The van der Waals surface area contributed by atoms with Gasteiger partial charge in [0, 0.05) is 25.1 Å². The molecular formula is C21H27N3O2. The summed E-state index contributed by atoms with van der Waals surface area (Å²) < 4.78 is 11.9. The van der Waals surface area contributed by atoms with Gasteiger partial charge in [0.15, 0.2) is 0 Å². The van der Waals surface area contributed by atoms with Crippen molar-refractivity contribution in [2.45, 2.75) is 38.5 Å². The van der Waals surface area contributed by atoms with E-state index >= 15 is 0 Å². The first-order chi connectivity index (χ1) is 12.8. The molecule has 2 aromatic rings. The Morgan fingerprint density at radius 2 is 2.08 bits per heavy atom. The monoisotopic (exact) mass is 353 g/mol. The number of ether oxygens (including phenoxy) is 2. The van der Waals surface area contributed by atoms with E-state index in [2.05, 4.69) is 27.0 Å². The van der Waals surface area contributed by atoms with Crippen LogP contribution in [0.4, 0.5) is 0 Å². The van der Waals surface area contributed by atoms with E-state index in [9.17, 15) is 0 Å². The van der Waals surface area contributed by atoms with Crippen LogP contribution in [0.2, 0.25) is 0 Å². The molecule has 0 aliphatic carbocycles. The van der Waals surface area contributed by atoms with Gasteiger partial charge in [-0.05, 0) is 61.5 Å². The van der Waals surface area contributed by atoms with E-state index in [-0.39, 0.29) is 6.10 Å². The minimum absolute atomic E-state index is 0.231. The highest BCUT2D eigenvalue weighted by atomic mass is 16.5. The van der Waals surface area contributed by atoms with Gasteiger partial charge in [0.25, 0.3) is 0 Å². The second-order valence-corrected chi connectivity index (χ2v) is 7.61. The number of rotatable bonds is 6. The van der Waals surface area contributed by atoms with E-state index in [0.717, 1.165) is 43.9 Å². The van der Waals surface area contributed by atoms with Gasteiger partial charge in [0.1, 0.15) is 0 Å². The third kappa shape index (κ3) is 4.47.